The number of rotatable bonds is 7. The van der Waals surface area contributed by atoms with Gasteiger partial charge in [0.2, 0.25) is 0 Å². The van der Waals surface area contributed by atoms with E-state index < -0.39 is 0 Å². The second-order valence-corrected chi connectivity index (χ2v) is 6.16. The van der Waals surface area contributed by atoms with E-state index in [1.165, 1.54) is 10.9 Å². The van der Waals surface area contributed by atoms with Crippen LogP contribution in [0.5, 0.6) is 0 Å². The van der Waals surface area contributed by atoms with Gasteiger partial charge in [-0.15, -0.1) is 0 Å². The van der Waals surface area contributed by atoms with Crippen LogP contribution in [-0.2, 0) is 13.1 Å². The maximum absolute atomic E-state index is 6.07. The third-order valence-corrected chi connectivity index (χ3v) is 3.42. The Kier molecular flexibility index (Phi) is 5.21. The highest BCUT2D eigenvalue weighted by Crippen LogP contribution is 2.27. The molecule has 0 amide bonds. The first-order chi connectivity index (χ1) is 9.97. The molecule has 0 fully saturated rings. The van der Waals surface area contributed by atoms with Gasteiger partial charge >= 0.3 is 0 Å². The quantitative estimate of drug-likeness (QED) is 0.782. The van der Waals surface area contributed by atoms with Gasteiger partial charge in [-0.25, -0.2) is 0 Å². The Labute approximate surface area is 127 Å². The molecule has 1 N–H and O–H groups in total. The zero-order valence-electron chi connectivity index (χ0n) is 13.6. The Bertz CT molecular complexity index is 613. The molecule has 0 unspecified atom stereocenters. The van der Waals surface area contributed by atoms with Crippen LogP contribution >= 0.6 is 0 Å². The van der Waals surface area contributed by atoms with Crippen molar-refractivity contribution in [1.29, 1.82) is 0 Å². The minimum Gasteiger partial charge on any atom is -0.459 e. The standard InChI is InChI=1S/C18H26N2O/c1-13(2)11-20(5)12-18-16(10-19-14(3)4)15-8-6-7-9-17(15)21-18/h6-9,14,19H,1,10-12H2,2-5H3. The molecular formula is C18H26N2O. The maximum atomic E-state index is 6.07. The first-order valence-electron chi connectivity index (χ1n) is 7.53. The van der Waals surface area contributed by atoms with Crippen molar-refractivity contribution in [2.45, 2.75) is 39.9 Å². The van der Waals surface area contributed by atoms with Crippen LogP contribution in [0.3, 0.4) is 0 Å². The summed E-state index contributed by atoms with van der Waals surface area (Å²) in [6, 6.07) is 8.72. The molecule has 0 radical (unpaired) electrons. The second-order valence-electron chi connectivity index (χ2n) is 6.16. The normalized spacial score (nSPS) is 11.7. The molecule has 114 valence electrons. The second kappa shape index (κ2) is 6.92. The Balaban J connectivity index is 2.27. The van der Waals surface area contributed by atoms with Crippen LogP contribution in [0, 0.1) is 0 Å². The van der Waals surface area contributed by atoms with Crippen LogP contribution in [0.1, 0.15) is 32.1 Å². The minimum atomic E-state index is 0.458. The number of benzene rings is 1. The van der Waals surface area contributed by atoms with E-state index in [2.05, 4.69) is 56.7 Å². The van der Waals surface area contributed by atoms with Gasteiger partial charge in [0, 0.05) is 30.1 Å². The number of furan rings is 1. The van der Waals surface area contributed by atoms with Crippen molar-refractivity contribution in [1.82, 2.24) is 10.2 Å². The Morgan fingerprint density at radius 2 is 2.05 bits per heavy atom. The molecular weight excluding hydrogens is 260 g/mol. The molecule has 3 heteroatoms. The van der Waals surface area contributed by atoms with Crippen molar-refractivity contribution < 1.29 is 4.42 Å². The maximum Gasteiger partial charge on any atom is 0.134 e. The molecule has 1 aromatic carbocycles. The van der Waals surface area contributed by atoms with Gasteiger partial charge in [-0.2, -0.15) is 0 Å². The number of likely N-dealkylation sites (N-methyl/N-ethyl adjacent to an activating group) is 1. The number of nitrogens with zero attached hydrogens (tertiary/aromatic N) is 1. The molecule has 0 atom stereocenters. The van der Waals surface area contributed by atoms with Gasteiger partial charge in [0.05, 0.1) is 6.54 Å². The fourth-order valence-corrected chi connectivity index (χ4v) is 2.54. The molecule has 0 bridgehead atoms. The summed E-state index contributed by atoms with van der Waals surface area (Å²) in [5.41, 5.74) is 3.40. The predicted octanol–water partition coefficient (Wildman–Crippen LogP) is 3.94. The molecule has 0 aliphatic heterocycles. The van der Waals surface area contributed by atoms with Gasteiger partial charge < -0.3 is 9.73 Å². The highest BCUT2D eigenvalue weighted by molar-refractivity contribution is 5.82. The van der Waals surface area contributed by atoms with Crippen molar-refractivity contribution in [3.63, 3.8) is 0 Å². The lowest BCUT2D eigenvalue weighted by atomic mass is 10.1. The highest BCUT2D eigenvalue weighted by Gasteiger charge is 2.15. The van der Waals surface area contributed by atoms with Crippen LogP contribution in [-0.4, -0.2) is 24.5 Å². The van der Waals surface area contributed by atoms with E-state index >= 15 is 0 Å². The Morgan fingerprint density at radius 1 is 1.33 bits per heavy atom. The molecule has 0 aliphatic carbocycles. The van der Waals surface area contributed by atoms with Crippen LogP contribution in [0.4, 0.5) is 0 Å². The van der Waals surface area contributed by atoms with E-state index in [4.69, 9.17) is 4.42 Å². The zero-order valence-corrected chi connectivity index (χ0v) is 13.6. The Hall–Kier alpha value is -1.58. The molecule has 1 aromatic heterocycles. The summed E-state index contributed by atoms with van der Waals surface area (Å²) in [6.07, 6.45) is 0. The van der Waals surface area contributed by atoms with Crippen LogP contribution in [0.15, 0.2) is 40.8 Å². The van der Waals surface area contributed by atoms with E-state index in [0.29, 0.717) is 6.04 Å². The molecule has 0 aliphatic rings. The lowest BCUT2D eigenvalue weighted by Crippen LogP contribution is -2.24. The molecule has 3 nitrogen and oxygen atoms in total. The summed E-state index contributed by atoms with van der Waals surface area (Å²) < 4.78 is 6.07. The van der Waals surface area contributed by atoms with Gasteiger partial charge in [-0.3, -0.25) is 4.90 Å². The van der Waals surface area contributed by atoms with Gasteiger partial charge in [0.15, 0.2) is 0 Å². The number of nitrogens with one attached hydrogen (secondary N) is 1. The van der Waals surface area contributed by atoms with Crippen LogP contribution in [0.25, 0.3) is 11.0 Å². The number of fused-ring (bicyclic) bond motifs is 1. The monoisotopic (exact) mass is 286 g/mol. The molecule has 0 saturated heterocycles. The molecule has 2 aromatic rings. The summed E-state index contributed by atoms with van der Waals surface area (Å²) in [6.45, 7) is 12.9. The first kappa shape index (κ1) is 15.8. The topological polar surface area (TPSA) is 28.4 Å². The van der Waals surface area contributed by atoms with Crippen LogP contribution < -0.4 is 5.32 Å². The van der Waals surface area contributed by atoms with Crippen molar-refractivity contribution >= 4 is 11.0 Å². The number of hydrogen-bond acceptors (Lipinski definition) is 3. The fourth-order valence-electron chi connectivity index (χ4n) is 2.54. The van der Waals surface area contributed by atoms with E-state index in [-0.39, 0.29) is 0 Å². The first-order valence-corrected chi connectivity index (χ1v) is 7.53. The van der Waals surface area contributed by atoms with Crippen molar-refractivity contribution in [2.24, 2.45) is 0 Å². The lowest BCUT2D eigenvalue weighted by molar-refractivity contribution is 0.319. The summed E-state index contributed by atoms with van der Waals surface area (Å²) in [4.78, 5) is 2.24. The fraction of sp³-hybridized carbons (Fsp3) is 0.444. The highest BCUT2D eigenvalue weighted by atomic mass is 16.3. The Morgan fingerprint density at radius 3 is 2.71 bits per heavy atom. The SMILES string of the molecule is C=C(C)CN(C)Cc1oc2ccccc2c1CNC(C)C. The minimum absolute atomic E-state index is 0.458. The van der Waals surface area contributed by atoms with E-state index in [9.17, 15) is 0 Å². The largest absolute Gasteiger partial charge is 0.459 e. The smallest absolute Gasteiger partial charge is 0.134 e. The van der Waals surface area contributed by atoms with Gasteiger partial charge in [-0.1, -0.05) is 44.2 Å². The third-order valence-electron chi connectivity index (χ3n) is 3.42. The average molecular weight is 286 g/mol. The summed E-state index contributed by atoms with van der Waals surface area (Å²) in [5, 5.41) is 4.71. The summed E-state index contributed by atoms with van der Waals surface area (Å²) >= 11 is 0. The van der Waals surface area contributed by atoms with Crippen molar-refractivity contribution in [3.8, 4) is 0 Å². The number of hydrogen-bond donors (Lipinski definition) is 1. The average Bonchev–Trinajstić information content (AvgIpc) is 2.72. The molecule has 2 rings (SSSR count). The molecule has 1 heterocycles. The molecule has 0 saturated carbocycles. The van der Waals surface area contributed by atoms with Crippen LogP contribution in [0.2, 0.25) is 0 Å². The van der Waals surface area contributed by atoms with E-state index in [1.54, 1.807) is 0 Å². The summed E-state index contributed by atoms with van der Waals surface area (Å²) in [5.74, 6) is 1.05. The van der Waals surface area contributed by atoms with E-state index in [0.717, 1.165) is 36.6 Å². The summed E-state index contributed by atoms with van der Waals surface area (Å²) in [7, 11) is 2.10. The lowest BCUT2D eigenvalue weighted by Gasteiger charge is -2.16. The van der Waals surface area contributed by atoms with E-state index in [1.807, 2.05) is 12.1 Å². The van der Waals surface area contributed by atoms with Gasteiger partial charge in [-0.05, 0) is 20.0 Å². The predicted molar refractivity (Wildman–Crippen MR) is 89.3 cm³/mol. The van der Waals surface area contributed by atoms with Gasteiger partial charge in [0.1, 0.15) is 11.3 Å². The third kappa shape index (κ3) is 4.19. The van der Waals surface area contributed by atoms with Crippen molar-refractivity contribution in [3.05, 3.63) is 47.7 Å². The van der Waals surface area contributed by atoms with Gasteiger partial charge in [0.25, 0.3) is 0 Å². The molecule has 0 spiro atoms. The molecule has 21 heavy (non-hydrogen) atoms. The number of para-hydroxylation sites is 1. The van der Waals surface area contributed by atoms with Crippen molar-refractivity contribution in [2.75, 3.05) is 13.6 Å². The zero-order chi connectivity index (χ0) is 15.4.